The molecule has 3 heterocycles. The largest absolute Gasteiger partial charge is 0.490 e. The van der Waals surface area contributed by atoms with Gasteiger partial charge in [-0.25, -0.2) is 0 Å². The van der Waals surface area contributed by atoms with E-state index in [4.69, 9.17) is 21.1 Å². The highest BCUT2D eigenvalue weighted by Crippen LogP contribution is 2.28. The first-order valence-electron chi connectivity index (χ1n) is 12.9. The van der Waals surface area contributed by atoms with E-state index in [1.807, 2.05) is 49.0 Å². The van der Waals surface area contributed by atoms with Gasteiger partial charge in [-0.1, -0.05) is 11.6 Å². The number of aryl methyl sites for hydroxylation is 4. The van der Waals surface area contributed by atoms with Gasteiger partial charge in [-0.05, 0) is 56.6 Å². The summed E-state index contributed by atoms with van der Waals surface area (Å²) in [4.78, 5) is 32.5. The van der Waals surface area contributed by atoms with Crippen LogP contribution < -0.4 is 4.74 Å². The highest BCUT2D eigenvalue weighted by Gasteiger charge is 2.42. The van der Waals surface area contributed by atoms with Gasteiger partial charge in [-0.3, -0.25) is 14.3 Å². The van der Waals surface area contributed by atoms with Crippen LogP contribution in [0.25, 0.3) is 0 Å². The summed E-state index contributed by atoms with van der Waals surface area (Å²) in [6, 6.07) is 5.49. The fourth-order valence-electron chi connectivity index (χ4n) is 4.96. The van der Waals surface area contributed by atoms with E-state index in [9.17, 15) is 9.59 Å². The summed E-state index contributed by atoms with van der Waals surface area (Å²) in [5.74, 6) is 0.738. The molecule has 1 atom stereocenters. The second kappa shape index (κ2) is 11.8. The van der Waals surface area contributed by atoms with Crippen molar-refractivity contribution >= 4 is 23.4 Å². The molecule has 37 heavy (non-hydrogen) atoms. The van der Waals surface area contributed by atoms with Gasteiger partial charge in [0.1, 0.15) is 18.0 Å². The molecule has 0 bridgehead atoms. The van der Waals surface area contributed by atoms with Crippen molar-refractivity contribution < 1.29 is 19.1 Å². The Kier molecular flexibility index (Phi) is 8.77. The zero-order valence-electron chi connectivity index (χ0n) is 22.3. The number of amides is 2. The molecule has 10 heteroatoms. The van der Waals surface area contributed by atoms with Crippen LogP contribution in [0, 0.1) is 13.8 Å². The Hall–Kier alpha value is -2.62. The quantitative estimate of drug-likeness (QED) is 0.520. The Morgan fingerprint density at radius 2 is 1.84 bits per heavy atom. The lowest BCUT2D eigenvalue weighted by Crippen LogP contribution is -2.59. The fraction of sp³-hybridized carbons (Fsp3) is 0.593. The van der Waals surface area contributed by atoms with Crippen LogP contribution in [-0.4, -0.2) is 101 Å². The van der Waals surface area contributed by atoms with Crippen LogP contribution in [0.3, 0.4) is 0 Å². The maximum atomic E-state index is 13.4. The molecule has 1 aromatic carbocycles. The highest BCUT2D eigenvalue weighted by atomic mass is 35.5. The lowest BCUT2D eigenvalue weighted by Gasteiger charge is -2.43. The third-order valence-electron chi connectivity index (χ3n) is 7.29. The zero-order valence-corrected chi connectivity index (χ0v) is 23.1. The molecule has 1 aromatic heterocycles. The second-order valence-electron chi connectivity index (χ2n) is 10.3. The van der Waals surface area contributed by atoms with Gasteiger partial charge in [0.15, 0.2) is 0 Å². The number of aromatic nitrogens is 2. The summed E-state index contributed by atoms with van der Waals surface area (Å²) in [5.41, 5.74) is 2.00. The second-order valence-corrected chi connectivity index (χ2v) is 10.7. The molecule has 2 aliphatic heterocycles. The molecule has 0 aliphatic carbocycles. The lowest BCUT2D eigenvalue weighted by atomic mass is 9.96. The summed E-state index contributed by atoms with van der Waals surface area (Å²) < 4.78 is 14.2. The molecule has 2 amide bonds. The van der Waals surface area contributed by atoms with Crippen LogP contribution in [-0.2, 0) is 27.8 Å². The number of carbonyl (C=O) groups is 2. The summed E-state index contributed by atoms with van der Waals surface area (Å²) in [5, 5.41) is 5.04. The number of nitrogens with zero attached hydrogens (tertiary/aromatic N) is 5. The molecular weight excluding hydrogens is 494 g/mol. The van der Waals surface area contributed by atoms with Gasteiger partial charge in [-0.15, -0.1) is 0 Å². The molecule has 2 saturated heterocycles. The van der Waals surface area contributed by atoms with E-state index in [0.717, 1.165) is 29.9 Å². The minimum absolute atomic E-state index is 0.0317. The lowest BCUT2D eigenvalue weighted by molar-refractivity contribution is -0.166. The fourth-order valence-corrected chi connectivity index (χ4v) is 5.08. The van der Waals surface area contributed by atoms with Gasteiger partial charge in [0.2, 0.25) is 11.8 Å². The van der Waals surface area contributed by atoms with E-state index in [-0.39, 0.29) is 24.8 Å². The molecule has 0 saturated carbocycles. The summed E-state index contributed by atoms with van der Waals surface area (Å²) in [6.07, 6.45) is 3.13. The predicted molar refractivity (Wildman–Crippen MR) is 142 cm³/mol. The number of benzene rings is 1. The Morgan fingerprint density at radius 1 is 1.08 bits per heavy atom. The van der Waals surface area contributed by atoms with Crippen LogP contribution in [0.1, 0.15) is 29.7 Å². The van der Waals surface area contributed by atoms with Gasteiger partial charge in [-0.2, -0.15) is 5.10 Å². The van der Waals surface area contributed by atoms with Crippen molar-refractivity contribution in [2.75, 3.05) is 59.5 Å². The molecule has 1 unspecified atom stereocenters. The van der Waals surface area contributed by atoms with E-state index in [1.165, 1.54) is 0 Å². The Bertz CT molecular complexity index is 1110. The molecule has 2 fully saturated rings. The maximum absolute atomic E-state index is 13.4. The van der Waals surface area contributed by atoms with Gasteiger partial charge in [0, 0.05) is 57.4 Å². The van der Waals surface area contributed by atoms with Gasteiger partial charge in [0.25, 0.3) is 0 Å². The van der Waals surface area contributed by atoms with E-state index >= 15 is 0 Å². The topological polar surface area (TPSA) is 80.1 Å². The van der Waals surface area contributed by atoms with Crippen LogP contribution >= 0.6 is 11.6 Å². The van der Waals surface area contributed by atoms with E-state index in [1.54, 1.807) is 10.7 Å². The molecule has 9 nitrogen and oxygen atoms in total. The van der Waals surface area contributed by atoms with Crippen molar-refractivity contribution in [3.63, 3.8) is 0 Å². The van der Waals surface area contributed by atoms with E-state index < -0.39 is 5.60 Å². The highest BCUT2D eigenvalue weighted by molar-refractivity contribution is 6.31. The summed E-state index contributed by atoms with van der Waals surface area (Å²) in [6.45, 7) is 8.28. The van der Waals surface area contributed by atoms with E-state index in [0.29, 0.717) is 56.4 Å². The molecule has 0 N–H and O–H groups in total. The molecule has 2 aromatic rings. The van der Waals surface area contributed by atoms with Crippen molar-refractivity contribution in [2.24, 2.45) is 7.05 Å². The van der Waals surface area contributed by atoms with Crippen LogP contribution in [0.2, 0.25) is 5.02 Å². The predicted octanol–water partition coefficient (Wildman–Crippen LogP) is 2.46. The number of hydrogen-bond donors (Lipinski definition) is 0. The van der Waals surface area contributed by atoms with Gasteiger partial charge >= 0.3 is 0 Å². The van der Waals surface area contributed by atoms with Crippen LogP contribution in [0.15, 0.2) is 24.4 Å². The van der Waals surface area contributed by atoms with Crippen molar-refractivity contribution in [3.8, 4) is 5.75 Å². The third-order valence-corrected chi connectivity index (χ3v) is 7.71. The van der Waals surface area contributed by atoms with Gasteiger partial charge in [0.05, 0.1) is 25.3 Å². The van der Waals surface area contributed by atoms with Crippen molar-refractivity contribution in [2.45, 2.75) is 38.7 Å². The number of halogens is 1. The number of likely N-dealkylation sites (N-methyl/N-ethyl adjacent to an activating group) is 1. The average Bonchev–Trinajstić information content (AvgIpc) is 3.20. The Balaban J connectivity index is 1.46. The molecule has 4 rings (SSSR count). The summed E-state index contributed by atoms with van der Waals surface area (Å²) >= 11 is 6.18. The molecule has 2 aliphatic rings. The van der Waals surface area contributed by atoms with Gasteiger partial charge < -0.3 is 24.2 Å². The van der Waals surface area contributed by atoms with Crippen molar-refractivity contribution in [1.82, 2.24) is 24.5 Å². The van der Waals surface area contributed by atoms with Crippen LogP contribution in [0.4, 0.5) is 0 Å². The molecule has 0 spiro atoms. The third kappa shape index (κ3) is 7.03. The monoisotopic (exact) mass is 531 g/mol. The van der Waals surface area contributed by atoms with Crippen molar-refractivity contribution in [1.29, 1.82) is 0 Å². The first kappa shape index (κ1) is 27.4. The minimum atomic E-state index is -0.925. The number of rotatable bonds is 8. The Morgan fingerprint density at radius 3 is 2.51 bits per heavy atom. The summed E-state index contributed by atoms with van der Waals surface area (Å²) in [7, 11) is 3.94. The first-order chi connectivity index (χ1) is 17.6. The number of morpholine rings is 1. The number of carbonyl (C=O) groups excluding carboxylic acids is 2. The standard InChI is InChI=1S/C27H38ClN5O4/c1-20-15-23(6-7-24(20)28)36-19-27(16-26(35)32-11-9-30(3)10-12-32)18-33(13-14-37-27)25(34)8-5-22-17-31(4)29-21(22)2/h6-7,15,17H,5,8-14,16,18-19H2,1-4H3. The average molecular weight is 532 g/mol. The normalized spacial score (nSPS) is 20.8. The maximum Gasteiger partial charge on any atom is 0.225 e. The molecule has 202 valence electrons. The van der Waals surface area contributed by atoms with Crippen LogP contribution in [0.5, 0.6) is 5.75 Å². The van der Waals surface area contributed by atoms with E-state index in [2.05, 4.69) is 17.0 Å². The number of ether oxygens (including phenoxy) is 2. The smallest absolute Gasteiger partial charge is 0.225 e. The first-order valence-corrected chi connectivity index (χ1v) is 13.3. The zero-order chi connectivity index (χ0) is 26.6. The van der Waals surface area contributed by atoms with Crippen molar-refractivity contribution in [3.05, 3.63) is 46.2 Å². The Labute approximate surface area is 224 Å². The number of hydrogen-bond acceptors (Lipinski definition) is 6. The SMILES string of the molecule is Cc1cc(OCC2(CC(=O)N3CCN(C)CC3)CN(C(=O)CCc3cn(C)nc3C)CCO2)ccc1Cl. The molecule has 0 radical (unpaired) electrons. The number of piperazine rings is 1. The minimum Gasteiger partial charge on any atom is -0.490 e. The molecular formula is C27H38ClN5O4.